The minimum absolute atomic E-state index is 0.0158. The molecule has 1 fully saturated rings. The topological polar surface area (TPSA) is 45.2 Å². The molecule has 0 bridgehead atoms. The highest BCUT2D eigenvalue weighted by molar-refractivity contribution is 7.11. The van der Waals surface area contributed by atoms with E-state index in [0.29, 0.717) is 4.88 Å². The predicted octanol–water partition coefficient (Wildman–Crippen LogP) is 3.11. The van der Waals surface area contributed by atoms with Gasteiger partial charge >= 0.3 is 0 Å². The lowest BCUT2D eigenvalue weighted by molar-refractivity contribution is 0.0943. The molecular formula is C15H16ClN3OS. The van der Waals surface area contributed by atoms with Gasteiger partial charge in [-0.25, -0.2) is 4.98 Å². The maximum absolute atomic E-state index is 12.2. The third kappa shape index (κ3) is 3.19. The first-order valence-electron chi connectivity index (χ1n) is 6.85. The van der Waals surface area contributed by atoms with E-state index in [4.69, 9.17) is 11.6 Å². The summed E-state index contributed by atoms with van der Waals surface area (Å²) >= 11 is 7.30. The van der Waals surface area contributed by atoms with Crippen molar-refractivity contribution in [1.29, 1.82) is 0 Å². The van der Waals surface area contributed by atoms with Gasteiger partial charge in [0.1, 0.15) is 4.88 Å². The van der Waals surface area contributed by atoms with Crippen LogP contribution in [0, 0.1) is 6.92 Å². The lowest BCUT2D eigenvalue weighted by Gasteiger charge is -2.19. The van der Waals surface area contributed by atoms with Gasteiger partial charge in [0, 0.05) is 29.8 Å². The van der Waals surface area contributed by atoms with Gasteiger partial charge in [0.05, 0.1) is 11.2 Å². The largest absolute Gasteiger partial charge is 0.369 e. The monoisotopic (exact) mass is 321 g/mol. The fourth-order valence-corrected chi connectivity index (χ4v) is 3.37. The van der Waals surface area contributed by atoms with Gasteiger partial charge in [0.25, 0.3) is 5.91 Å². The molecule has 1 aliphatic rings. The molecule has 1 N–H and O–H groups in total. The number of nitrogens with one attached hydrogen (secondary N) is 1. The Hall–Kier alpha value is -1.59. The Labute approximate surface area is 132 Å². The van der Waals surface area contributed by atoms with E-state index in [1.54, 1.807) is 5.51 Å². The van der Waals surface area contributed by atoms with Crippen molar-refractivity contribution >= 4 is 34.5 Å². The van der Waals surface area contributed by atoms with Gasteiger partial charge in [-0.3, -0.25) is 4.79 Å². The highest BCUT2D eigenvalue weighted by atomic mass is 35.5. The SMILES string of the molecule is Cc1ncsc1C(=O)N[C@H]1CCN(c2ccc(Cl)cc2)C1. The van der Waals surface area contributed by atoms with E-state index in [1.165, 1.54) is 11.3 Å². The number of hydrogen-bond acceptors (Lipinski definition) is 4. The van der Waals surface area contributed by atoms with E-state index >= 15 is 0 Å². The van der Waals surface area contributed by atoms with Crippen LogP contribution in [0.25, 0.3) is 0 Å². The minimum Gasteiger partial charge on any atom is -0.369 e. The van der Waals surface area contributed by atoms with Gasteiger partial charge in [-0.15, -0.1) is 11.3 Å². The molecule has 2 heterocycles. The quantitative estimate of drug-likeness (QED) is 0.944. The summed E-state index contributed by atoms with van der Waals surface area (Å²) in [6, 6.07) is 7.99. The number of carbonyl (C=O) groups excluding carboxylic acids is 1. The van der Waals surface area contributed by atoms with Gasteiger partial charge in [0.2, 0.25) is 0 Å². The van der Waals surface area contributed by atoms with Crippen LogP contribution < -0.4 is 10.2 Å². The molecule has 21 heavy (non-hydrogen) atoms. The van der Waals surface area contributed by atoms with E-state index in [-0.39, 0.29) is 11.9 Å². The van der Waals surface area contributed by atoms with Crippen LogP contribution in [0.5, 0.6) is 0 Å². The van der Waals surface area contributed by atoms with Crippen LogP contribution >= 0.6 is 22.9 Å². The van der Waals surface area contributed by atoms with Crippen LogP contribution in [-0.2, 0) is 0 Å². The number of carbonyl (C=O) groups is 1. The summed E-state index contributed by atoms with van der Waals surface area (Å²) < 4.78 is 0. The molecule has 0 radical (unpaired) electrons. The summed E-state index contributed by atoms with van der Waals surface area (Å²) in [6.45, 7) is 3.62. The molecule has 1 saturated heterocycles. The summed E-state index contributed by atoms with van der Waals surface area (Å²) in [5.74, 6) is -0.0158. The number of nitrogens with zero attached hydrogens (tertiary/aromatic N) is 2. The van der Waals surface area contributed by atoms with Crippen molar-refractivity contribution in [1.82, 2.24) is 10.3 Å². The second-order valence-corrected chi connectivity index (χ2v) is 6.44. The zero-order valence-corrected chi connectivity index (χ0v) is 13.2. The third-order valence-corrected chi connectivity index (χ3v) is 4.85. The highest BCUT2D eigenvalue weighted by Gasteiger charge is 2.25. The van der Waals surface area contributed by atoms with E-state index < -0.39 is 0 Å². The van der Waals surface area contributed by atoms with Crippen molar-refractivity contribution in [3.8, 4) is 0 Å². The zero-order chi connectivity index (χ0) is 14.8. The molecule has 1 aromatic carbocycles. The van der Waals surface area contributed by atoms with Crippen LogP contribution in [0.1, 0.15) is 21.8 Å². The van der Waals surface area contributed by atoms with Crippen LogP contribution in [-0.4, -0.2) is 30.0 Å². The number of amides is 1. The lowest BCUT2D eigenvalue weighted by atomic mass is 10.2. The Morgan fingerprint density at radius 3 is 2.86 bits per heavy atom. The summed E-state index contributed by atoms with van der Waals surface area (Å²) in [5.41, 5.74) is 3.65. The Bertz CT molecular complexity index is 641. The average molecular weight is 322 g/mol. The van der Waals surface area contributed by atoms with E-state index in [1.807, 2.05) is 31.2 Å². The molecule has 6 heteroatoms. The Balaban J connectivity index is 1.61. The third-order valence-electron chi connectivity index (χ3n) is 3.67. The first kappa shape index (κ1) is 14.4. The van der Waals surface area contributed by atoms with Crippen molar-refractivity contribution in [2.75, 3.05) is 18.0 Å². The van der Waals surface area contributed by atoms with Gasteiger partial charge in [-0.05, 0) is 37.6 Å². The second-order valence-electron chi connectivity index (χ2n) is 5.15. The van der Waals surface area contributed by atoms with E-state index in [2.05, 4.69) is 15.2 Å². The number of hydrogen-bond donors (Lipinski definition) is 1. The number of halogens is 1. The molecule has 3 rings (SSSR count). The van der Waals surface area contributed by atoms with Crippen molar-refractivity contribution in [2.45, 2.75) is 19.4 Å². The highest BCUT2D eigenvalue weighted by Crippen LogP contribution is 2.22. The molecule has 4 nitrogen and oxygen atoms in total. The Kier molecular flexibility index (Phi) is 4.12. The molecule has 0 spiro atoms. The smallest absolute Gasteiger partial charge is 0.263 e. The van der Waals surface area contributed by atoms with Gasteiger partial charge in [-0.1, -0.05) is 11.6 Å². The molecule has 0 aliphatic carbocycles. The number of aryl methyl sites for hydroxylation is 1. The molecule has 1 aromatic heterocycles. The second kappa shape index (κ2) is 6.03. The van der Waals surface area contributed by atoms with E-state index in [0.717, 1.165) is 35.9 Å². The molecule has 0 saturated carbocycles. The van der Waals surface area contributed by atoms with Gasteiger partial charge in [0.15, 0.2) is 0 Å². The number of benzene rings is 1. The van der Waals surface area contributed by atoms with E-state index in [9.17, 15) is 4.79 Å². The van der Waals surface area contributed by atoms with Crippen molar-refractivity contribution in [3.05, 3.63) is 45.4 Å². The standard InChI is InChI=1S/C15H16ClN3OS/c1-10-14(21-9-17-10)15(20)18-12-6-7-19(8-12)13-4-2-11(16)3-5-13/h2-5,9,12H,6-8H2,1H3,(H,18,20)/t12-/m0/s1. The van der Waals surface area contributed by atoms with Crippen LogP contribution in [0.4, 0.5) is 5.69 Å². The van der Waals surface area contributed by atoms with Crippen molar-refractivity contribution in [3.63, 3.8) is 0 Å². The van der Waals surface area contributed by atoms with Crippen LogP contribution in [0.15, 0.2) is 29.8 Å². The van der Waals surface area contributed by atoms with Crippen molar-refractivity contribution < 1.29 is 4.79 Å². The summed E-state index contributed by atoms with van der Waals surface area (Å²) in [6.07, 6.45) is 0.951. The summed E-state index contributed by atoms with van der Waals surface area (Å²) in [7, 11) is 0. The number of rotatable bonds is 3. The number of anilines is 1. The molecule has 2 aromatic rings. The number of thiazole rings is 1. The first-order valence-corrected chi connectivity index (χ1v) is 8.10. The normalized spacial score (nSPS) is 18.0. The molecule has 0 unspecified atom stereocenters. The predicted molar refractivity (Wildman–Crippen MR) is 86.4 cm³/mol. The molecule has 1 amide bonds. The fourth-order valence-electron chi connectivity index (χ4n) is 2.54. The Morgan fingerprint density at radius 1 is 1.43 bits per heavy atom. The molecule has 1 atom stereocenters. The maximum Gasteiger partial charge on any atom is 0.263 e. The first-order chi connectivity index (χ1) is 10.1. The molecule has 1 aliphatic heterocycles. The van der Waals surface area contributed by atoms with Crippen molar-refractivity contribution in [2.24, 2.45) is 0 Å². The maximum atomic E-state index is 12.2. The Morgan fingerprint density at radius 2 is 2.19 bits per heavy atom. The average Bonchev–Trinajstić information content (AvgIpc) is 3.09. The minimum atomic E-state index is -0.0158. The van der Waals surface area contributed by atoms with Crippen LogP contribution in [0.2, 0.25) is 5.02 Å². The van der Waals surface area contributed by atoms with Crippen LogP contribution in [0.3, 0.4) is 0 Å². The van der Waals surface area contributed by atoms with Gasteiger partial charge < -0.3 is 10.2 Å². The summed E-state index contributed by atoms with van der Waals surface area (Å²) in [4.78, 5) is 19.3. The molecule has 110 valence electrons. The fraction of sp³-hybridized carbons (Fsp3) is 0.333. The lowest BCUT2D eigenvalue weighted by Crippen LogP contribution is -2.37. The van der Waals surface area contributed by atoms with Gasteiger partial charge in [-0.2, -0.15) is 0 Å². The zero-order valence-electron chi connectivity index (χ0n) is 11.7. The summed E-state index contributed by atoms with van der Waals surface area (Å²) in [5, 5.41) is 3.84. The number of aromatic nitrogens is 1. The molecular weight excluding hydrogens is 306 g/mol.